The Labute approximate surface area is 114 Å². The minimum atomic E-state index is -0.287. The molecule has 0 aromatic carbocycles. The van der Waals surface area contributed by atoms with Crippen LogP contribution in [-0.4, -0.2) is 49.1 Å². The average Bonchev–Trinajstić information content (AvgIpc) is 3.22. The van der Waals surface area contributed by atoms with Crippen LogP contribution in [0.4, 0.5) is 0 Å². The van der Waals surface area contributed by atoms with E-state index in [1.165, 1.54) is 0 Å². The fourth-order valence-corrected chi connectivity index (χ4v) is 2.73. The molecule has 5 heteroatoms. The monoisotopic (exact) mass is 268 g/mol. The summed E-state index contributed by atoms with van der Waals surface area (Å²) in [5, 5.41) is 2.91. The second-order valence-electron chi connectivity index (χ2n) is 5.48. The first kappa shape index (κ1) is 14.3. The first-order valence-corrected chi connectivity index (χ1v) is 7.28. The smallest absolute Gasteiger partial charge is 0.246 e. The SMILES string of the molecule is CCC1C(=O)NC(C2CC2)C(=O)N1CCCCOC. The first-order valence-electron chi connectivity index (χ1n) is 7.28. The molecule has 1 N–H and O–H groups in total. The van der Waals surface area contributed by atoms with E-state index >= 15 is 0 Å². The van der Waals surface area contributed by atoms with Crippen molar-refractivity contribution in [1.82, 2.24) is 10.2 Å². The molecule has 1 aliphatic heterocycles. The molecule has 1 saturated heterocycles. The molecule has 0 aromatic heterocycles. The van der Waals surface area contributed by atoms with Gasteiger partial charge in [-0.25, -0.2) is 0 Å². The Morgan fingerprint density at radius 1 is 1.32 bits per heavy atom. The van der Waals surface area contributed by atoms with E-state index in [2.05, 4.69) is 5.32 Å². The lowest BCUT2D eigenvalue weighted by Gasteiger charge is -2.39. The zero-order chi connectivity index (χ0) is 13.8. The molecule has 2 rings (SSSR count). The number of nitrogens with zero attached hydrogens (tertiary/aromatic N) is 1. The van der Waals surface area contributed by atoms with Gasteiger partial charge in [0.25, 0.3) is 0 Å². The van der Waals surface area contributed by atoms with Gasteiger partial charge in [-0.3, -0.25) is 9.59 Å². The highest BCUT2D eigenvalue weighted by molar-refractivity contribution is 5.97. The fraction of sp³-hybridized carbons (Fsp3) is 0.857. The van der Waals surface area contributed by atoms with Crippen LogP contribution in [0.15, 0.2) is 0 Å². The first-order chi connectivity index (χ1) is 9.19. The highest BCUT2D eigenvalue weighted by Crippen LogP contribution is 2.35. The third-order valence-electron chi connectivity index (χ3n) is 4.00. The second-order valence-corrected chi connectivity index (χ2v) is 5.48. The second kappa shape index (κ2) is 6.37. The summed E-state index contributed by atoms with van der Waals surface area (Å²) in [5.41, 5.74) is 0. The lowest BCUT2D eigenvalue weighted by atomic mass is 10.0. The lowest BCUT2D eigenvalue weighted by molar-refractivity contribution is -0.150. The summed E-state index contributed by atoms with van der Waals surface area (Å²) in [7, 11) is 1.68. The molecule has 19 heavy (non-hydrogen) atoms. The number of rotatable bonds is 7. The average molecular weight is 268 g/mol. The van der Waals surface area contributed by atoms with Crippen LogP contribution in [0.25, 0.3) is 0 Å². The van der Waals surface area contributed by atoms with Gasteiger partial charge in [0.05, 0.1) is 0 Å². The van der Waals surface area contributed by atoms with E-state index in [-0.39, 0.29) is 23.9 Å². The van der Waals surface area contributed by atoms with Crippen molar-refractivity contribution in [3.05, 3.63) is 0 Å². The Hall–Kier alpha value is -1.10. The maximum absolute atomic E-state index is 12.5. The minimum absolute atomic E-state index is 0.0192. The quantitative estimate of drug-likeness (QED) is 0.699. The van der Waals surface area contributed by atoms with Crippen LogP contribution >= 0.6 is 0 Å². The van der Waals surface area contributed by atoms with Gasteiger partial charge in [-0.2, -0.15) is 0 Å². The molecule has 2 atom stereocenters. The van der Waals surface area contributed by atoms with Gasteiger partial charge in [-0.05, 0) is 38.0 Å². The molecule has 1 saturated carbocycles. The minimum Gasteiger partial charge on any atom is -0.385 e. The number of unbranched alkanes of at least 4 members (excludes halogenated alkanes) is 1. The van der Waals surface area contributed by atoms with Crippen LogP contribution in [0.3, 0.4) is 0 Å². The van der Waals surface area contributed by atoms with E-state index in [4.69, 9.17) is 4.74 Å². The molecule has 0 aromatic rings. The highest BCUT2D eigenvalue weighted by Gasteiger charge is 2.45. The van der Waals surface area contributed by atoms with Crippen molar-refractivity contribution in [2.24, 2.45) is 5.92 Å². The number of amides is 2. The van der Waals surface area contributed by atoms with Crippen molar-refractivity contribution in [1.29, 1.82) is 0 Å². The lowest BCUT2D eigenvalue weighted by Crippen LogP contribution is -2.63. The topological polar surface area (TPSA) is 58.6 Å². The Kier molecular flexibility index (Phi) is 4.80. The number of carbonyl (C=O) groups excluding carboxylic acids is 2. The molecule has 2 amide bonds. The number of ether oxygens (including phenoxy) is 1. The number of hydrogen-bond donors (Lipinski definition) is 1. The van der Waals surface area contributed by atoms with Crippen LogP contribution in [0.2, 0.25) is 0 Å². The van der Waals surface area contributed by atoms with Crippen molar-refractivity contribution < 1.29 is 14.3 Å². The maximum Gasteiger partial charge on any atom is 0.246 e. The van der Waals surface area contributed by atoms with E-state index in [9.17, 15) is 9.59 Å². The maximum atomic E-state index is 12.5. The van der Waals surface area contributed by atoms with Gasteiger partial charge >= 0.3 is 0 Å². The molecule has 2 unspecified atom stereocenters. The number of hydrogen-bond acceptors (Lipinski definition) is 3. The zero-order valence-electron chi connectivity index (χ0n) is 11.9. The molecule has 1 heterocycles. The van der Waals surface area contributed by atoms with Crippen LogP contribution in [-0.2, 0) is 14.3 Å². The summed E-state index contributed by atoms with van der Waals surface area (Å²) in [6.07, 6.45) is 4.61. The number of piperazine rings is 1. The molecular weight excluding hydrogens is 244 g/mol. The summed E-state index contributed by atoms with van der Waals surface area (Å²) in [5.74, 6) is 0.507. The Morgan fingerprint density at radius 2 is 2.05 bits per heavy atom. The number of carbonyl (C=O) groups is 2. The normalized spacial score (nSPS) is 27.6. The van der Waals surface area contributed by atoms with Crippen molar-refractivity contribution in [2.45, 2.75) is 51.1 Å². The van der Waals surface area contributed by atoms with Crippen molar-refractivity contribution in [2.75, 3.05) is 20.3 Å². The van der Waals surface area contributed by atoms with Gasteiger partial charge < -0.3 is 15.0 Å². The third kappa shape index (κ3) is 3.26. The Balaban J connectivity index is 1.97. The summed E-state index contributed by atoms with van der Waals surface area (Å²) < 4.78 is 5.02. The van der Waals surface area contributed by atoms with Crippen LogP contribution in [0, 0.1) is 5.92 Å². The van der Waals surface area contributed by atoms with Crippen molar-refractivity contribution in [3.8, 4) is 0 Å². The largest absolute Gasteiger partial charge is 0.385 e. The molecule has 5 nitrogen and oxygen atoms in total. The molecule has 0 bridgehead atoms. The molecule has 0 radical (unpaired) electrons. The summed E-state index contributed by atoms with van der Waals surface area (Å²) in [6.45, 7) is 3.32. The predicted octanol–water partition coefficient (Wildman–Crippen LogP) is 0.929. The predicted molar refractivity (Wildman–Crippen MR) is 71.6 cm³/mol. The van der Waals surface area contributed by atoms with Gasteiger partial charge in [-0.1, -0.05) is 6.92 Å². The molecule has 2 fully saturated rings. The molecular formula is C14H24N2O3. The third-order valence-corrected chi connectivity index (χ3v) is 4.00. The van der Waals surface area contributed by atoms with Gasteiger partial charge in [0.15, 0.2) is 0 Å². The van der Waals surface area contributed by atoms with E-state index in [0.29, 0.717) is 25.5 Å². The number of methoxy groups -OCH3 is 1. The summed E-state index contributed by atoms with van der Waals surface area (Å²) in [4.78, 5) is 26.3. The van der Waals surface area contributed by atoms with Gasteiger partial charge in [0.2, 0.25) is 11.8 Å². The van der Waals surface area contributed by atoms with Crippen LogP contribution < -0.4 is 5.32 Å². The van der Waals surface area contributed by atoms with E-state index < -0.39 is 0 Å². The number of nitrogens with one attached hydrogen (secondary N) is 1. The summed E-state index contributed by atoms with van der Waals surface area (Å²) >= 11 is 0. The Morgan fingerprint density at radius 3 is 2.63 bits per heavy atom. The van der Waals surface area contributed by atoms with Gasteiger partial charge in [0.1, 0.15) is 12.1 Å². The molecule has 108 valence electrons. The fourth-order valence-electron chi connectivity index (χ4n) is 2.73. The van der Waals surface area contributed by atoms with Crippen LogP contribution in [0.1, 0.15) is 39.0 Å². The van der Waals surface area contributed by atoms with E-state index in [0.717, 1.165) is 25.7 Å². The molecule has 1 aliphatic carbocycles. The summed E-state index contributed by atoms with van der Waals surface area (Å²) in [6, 6.07) is -0.553. The molecule has 2 aliphatic rings. The van der Waals surface area contributed by atoms with Gasteiger partial charge in [0, 0.05) is 20.3 Å². The van der Waals surface area contributed by atoms with E-state index in [1.54, 1.807) is 12.0 Å². The van der Waals surface area contributed by atoms with Gasteiger partial charge in [-0.15, -0.1) is 0 Å². The highest BCUT2D eigenvalue weighted by atomic mass is 16.5. The van der Waals surface area contributed by atoms with E-state index in [1.807, 2.05) is 6.92 Å². The zero-order valence-corrected chi connectivity index (χ0v) is 11.9. The Bertz CT molecular complexity index is 342. The van der Waals surface area contributed by atoms with Crippen molar-refractivity contribution >= 4 is 11.8 Å². The molecule has 0 spiro atoms. The van der Waals surface area contributed by atoms with Crippen LogP contribution in [0.5, 0.6) is 0 Å². The van der Waals surface area contributed by atoms with Crippen molar-refractivity contribution in [3.63, 3.8) is 0 Å². The standard InChI is InChI=1S/C14H24N2O3/c1-3-11-13(17)15-12(10-6-7-10)14(18)16(11)8-4-5-9-19-2/h10-12H,3-9H2,1-2H3,(H,15,17).